The lowest BCUT2D eigenvalue weighted by Gasteiger charge is -2.05. The van der Waals surface area contributed by atoms with E-state index in [4.69, 9.17) is 20.9 Å². The summed E-state index contributed by atoms with van der Waals surface area (Å²) in [5, 5.41) is 0. The number of nitrogen functional groups attached to an aromatic ring is 1. The molecule has 132 valence electrons. The van der Waals surface area contributed by atoms with Crippen molar-refractivity contribution in [2.24, 2.45) is 10.7 Å². The van der Waals surface area contributed by atoms with Crippen molar-refractivity contribution in [3.05, 3.63) is 51.8 Å². The molecule has 7 heteroatoms. The Labute approximate surface area is 150 Å². The molecule has 0 aliphatic rings. The normalized spacial score (nSPS) is 12.1. The van der Waals surface area contributed by atoms with Crippen LogP contribution in [-0.2, 0) is 11.3 Å². The molecule has 6 nitrogen and oxygen atoms in total. The Bertz CT molecular complexity index is 807. The summed E-state index contributed by atoms with van der Waals surface area (Å²) in [7, 11) is 2.95. The number of aliphatic imine (C=N–C) groups is 1. The first-order chi connectivity index (χ1) is 12.0. The second-order valence-corrected chi connectivity index (χ2v) is 6.27. The third-order valence-corrected chi connectivity index (χ3v) is 4.78. The average molecular weight is 359 g/mol. The molecular weight excluding hydrogens is 338 g/mol. The second-order valence-electron chi connectivity index (χ2n) is 5.22. The van der Waals surface area contributed by atoms with Gasteiger partial charge in [-0.15, -0.1) is 11.3 Å². The molecule has 0 amide bonds. The molecular formula is C18H21N3O3S. The Balaban J connectivity index is 2.20. The van der Waals surface area contributed by atoms with Gasteiger partial charge in [0.05, 0.1) is 26.5 Å². The highest BCUT2D eigenvalue weighted by molar-refractivity contribution is 7.16. The maximum atomic E-state index is 11.7. The van der Waals surface area contributed by atoms with E-state index >= 15 is 0 Å². The summed E-state index contributed by atoms with van der Waals surface area (Å²) in [6, 6.07) is 9.41. The minimum atomic E-state index is -0.460. The highest BCUT2D eigenvalue weighted by Gasteiger charge is 2.17. The fourth-order valence-corrected chi connectivity index (χ4v) is 3.27. The van der Waals surface area contributed by atoms with Crippen LogP contribution in [0.25, 0.3) is 5.57 Å². The van der Waals surface area contributed by atoms with E-state index in [-0.39, 0.29) is 0 Å². The zero-order valence-electron chi connectivity index (χ0n) is 14.4. The van der Waals surface area contributed by atoms with E-state index in [1.165, 1.54) is 24.6 Å². The first-order valence-corrected chi connectivity index (χ1v) is 8.36. The maximum absolute atomic E-state index is 11.7. The van der Waals surface area contributed by atoms with Gasteiger partial charge in [-0.3, -0.25) is 4.99 Å². The minimum absolute atomic E-state index is 0.361. The Morgan fingerprint density at radius 2 is 1.96 bits per heavy atom. The number of carbonyl (C=O) groups excluding carboxylic acids is 1. The van der Waals surface area contributed by atoms with Crippen LogP contribution in [0.15, 0.2) is 41.5 Å². The number of ether oxygens (including phenoxy) is 2. The van der Waals surface area contributed by atoms with Crippen molar-refractivity contribution in [3.8, 4) is 5.75 Å². The summed E-state index contributed by atoms with van der Waals surface area (Å²) in [4.78, 5) is 17.4. The molecule has 25 heavy (non-hydrogen) atoms. The van der Waals surface area contributed by atoms with Crippen LogP contribution in [0.1, 0.15) is 27.0 Å². The van der Waals surface area contributed by atoms with Crippen LogP contribution in [0.5, 0.6) is 5.75 Å². The first kappa shape index (κ1) is 18.5. The van der Waals surface area contributed by atoms with E-state index in [9.17, 15) is 4.79 Å². The van der Waals surface area contributed by atoms with Crippen molar-refractivity contribution < 1.29 is 14.3 Å². The summed E-state index contributed by atoms with van der Waals surface area (Å²) in [5.41, 5.74) is 14.6. The van der Waals surface area contributed by atoms with Gasteiger partial charge >= 0.3 is 5.97 Å². The molecule has 1 aromatic carbocycles. The van der Waals surface area contributed by atoms with Crippen molar-refractivity contribution in [2.75, 3.05) is 20.0 Å². The molecule has 0 spiro atoms. The number of thiophene rings is 1. The van der Waals surface area contributed by atoms with Crippen molar-refractivity contribution in [1.82, 2.24) is 0 Å². The van der Waals surface area contributed by atoms with Crippen LogP contribution in [0.3, 0.4) is 0 Å². The summed E-state index contributed by atoms with van der Waals surface area (Å²) in [5.74, 6) is 0.342. The van der Waals surface area contributed by atoms with E-state index in [0.29, 0.717) is 17.1 Å². The highest BCUT2D eigenvalue weighted by atomic mass is 32.1. The van der Waals surface area contributed by atoms with Crippen LogP contribution in [0.2, 0.25) is 0 Å². The lowest BCUT2D eigenvalue weighted by atomic mass is 10.1. The number of benzene rings is 1. The van der Waals surface area contributed by atoms with Gasteiger partial charge in [-0.1, -0.05) is 12.1 Å². The number of esters is 1. The Morgan fingerprint density at radius 3 is 2.52 bits per heavy atom. The monoisotopic (exact) mass is 359 g/mol. The number of carbonyl (C=O) groups is 1. The van der Waals surface area contributed by atoms with Crippen LogP contribution >= 0.6 is 11.3 Å². The molecule has 0 atom stereocenters. The first-order valence-electron chi connectivity index (χ1n) is 7.54. The standard InChI is InChI=1S/C18H21N3O3S/c1-11(21-10-12-4-6-13(23-2)7-5-12)14(9-19)16-8-15(20)17(25-16)18(22)24-3/h4-9H,10,19-20H2,1-3H3. The lowest BCUT2D eigenvalue weighted by molar-refractivity contribution is 0.0607. The van der Waals surface area contributed by atoms with Crippen LogP contribution in [0.4, 0.5) is 5.69 Å². The summed E-state index contributed by atoms with van der Waals surface area (Å²) < 4.78 is 9.87. The Morgan fingerprint density at radius 1 is 1.28 bits per heavy atom. The molecule has 1 aromatic heterocycles. The van der Waals surface area contributed by atoms with Gasteiger partial charge in [-0.05, 0) is 30.7 Å². The fourth-order valence-electron chi connectivity index (χ4n) is 2.20. The van der Waals surface area contributed by atoms with E-state index < -0.39 is 5.97 Å². The molecule has 2 aromatic rings. The van der Waals surface area contributed by atoms with Gasteiger partial charge in [-0.25, -0.2) is 4.79 Å². The fraction of sp³-hybridized carbons (Fsp3) is 0.222. The predicted octanol–water partition coefficient (Wildman–Crippen LogP) is 3.09. The van der Waals surface area contributed by atoms with Gasteiger partial charge in [0.1, 0.15) is 10.6 Å². The summed E-state index contributed by atoms with van der Waals surface area (Å²) in [6.07, 6.45) is 1.47. The number of rotatable bonds is 6. The largest absolute Gasteiger partial charge is 0.497 e. The molecule has 0 aliphatic heterocycles. The van der Waals surface area contributed by atoms with Crippen molar-refractivity contribution in [2.45, 2.75) is 13.5 Å². The van der Waals surface area contributed by atoms with E-state index in [2.05, 4.69) is 4.99 Å². The van der Waals surface area contributed by atoms with Crippen molar-refractivity contribution >= 4 is 34.3 Å². The predicted molar refractivity (Wildman–Crippen MR) is 102 cm³/mol. The molecule has 2 rings (SSSR count). The van der Waals surface area contributed by atoms with Gasteiger partial charge in [0.25, 0.3) is 0 Å². The smallest absolute Gasteiger partial charge is 0.350 e. The van der Waals surface area contributed by atoms with Crippen molar-refractivity contribution in [3.63, 3.8) is 0 Å². The van der Waals surface area contributed by atoms with E-state index in [1.54, 1.807) is 13.2 Å². The Kier molecular flexibility index (Phi) is 6.19. The SMILES string of the molecule is COC(=O)c1sc(C(=CN)C(C)=NCc2ccc(OC)cc2)cc1N. The van der Waals surface area contributed by atoms with E-state index in [0.717, 1.165) is 27.5 Å². The molecule has 0 unspecified atom stereocenters. The molecule has 0 saturated heterocycles. The molecule has 1 heterocycles. The van der Waals surface area contributed by atoms with Gasteiger partial charge < -0.3 is 20.9 Å². The molecule has 0 radical (unpaired) electrons. The number of hydrogen-bond acceptors (Lipinski definition) is 7. The molecule has 0 fully saturated rings. The second kappa shape index (κ2) is 8.34. The number of allylic oxidation sites excluding steroid dienone is 1. The zero-order valence-corrected chi connectivity index (χ0v) is 15.2. The Hall–Kier alpha value is -2.80. The molecule has 0 aliphatic carbocycles. The average Bonchev–Trinajstić information content (AvgIpc) is 3.01. The van der Waals surface area contributed by atoms with Crippen LogP contribution in [0, 0.1) is 0 Å². The number of nitrogens with two attached hydrogens (primary N) is 2. The zero-order chi connectivity index (χ0) is 18.4. The maximum Gasteiger partial charge on any atom is 0.350 e. The van der Waals surface area contributed by atoms with Gasteiger partial charge in [0, 0.05) is 22.4 Å². The summed E-state index contributed by atoms with van der Waals surface area (Å²) in [6.45, 7) is 2.38. The lowest BCUT2D eigenvalue weighted by Crippen LogP contribution is -2.01. The van der Waals surface area contributed by atoms with Gasteiger partial charge in [0.2, 0.25) is 0 Å². The topological polar surface area (TPSA) is 99.9 Å². The quantitative estimate of drug-likeness (QED) is 0.610. The minimum Gasteiger partial charge on any atom is -0.497 e. The third-order valence-electron chi connectivity index (χ3n) is 3.61. The van der Waals surface area contributed by atoms with Gasteiger partial charge in [-0.2, -0.15) is 0 Å². The summed E-state index contributed by atoms with van der Waals surface area (Å²) >= 11 is 1.23. The molecule has 0 bridgehead atoms. The molecule has 0 saturated carbocycles. The number of methoxy groups -OCH3 is 2. The highest BCUT2D eigenvalue weighted by Crippen LogP contribution is 2.31. The number of anilines is 1. The van der Waals surface area contributed by atoms with Crippen molar-refractivity contribution in [1.29, 1.82) is 0 Å². The van der Waals surface area contributed by atoms with Crippen LogP contribution in [-0.4, -0.2) is 25.9 Å². The van der Waals surface area contributed by atoms with Gasteiger partial charge in [0.15, 0.2) is 0 Å². The third kappa shape index (κ3) is 4.39. The molecule has 4 N–H and O–H groups in total. The number of nitrogens with zero attached hydrogens (tertiary/aromatic N) is 1. The van der Waals surface area contributed by atoms with E-state index in [1.807, 2.05) is 31.2 Å². The number of hydrogen-bond donors (Lipinski definition) is 2. The van der Waals surface area contributed by atoms with Crippen LogP contribution < -0.4 is 16.2 Å².